The predicted molar refractivity (Wildman–Crippen MR) is 95.1 cm³/mol. The number of carbonyl (C=O) groups excluding carboxylic acids is 1. The molecule has 0 aliphatic heterocycles. The van der Waals surface area contributed by atoms with E-state index in [0.29, 0.717) is 11.1 Å². The molecule has 0 unspecified atom stereocenters. The fourth-order valence-electron chi connectivity index (χ4n) is 2.52. The number of aromatic nitrogens is 2. The van der Waals surface area contributed by atoms with E-state index in [1.165, 1.54) is 49.6 Å². The van der Waals surface area contributed by atoms with Gasteiger partial charge in [-0.3, -0.25) is 14.2 Å². The summed E-state index contributed by atoms with van der Waals surface area (Å²) >= 11 is 0. The quantitative estimate of drug-likeness (QED) is 0.727. The summed E-state index contributed by atoms with van der Waals surface area (Å²) in [7, 11) is 1.48. The highest BCUT2D eigenvalue weighted by Crippen LogP contribution is 2.13. The summed E-state index contributed by atoms with van der Waals surface area (Å²) in [4.78, 5) is 39.4. The number of methoxy groups -OCH3 is 1. The fourth-order valence-corrected chi connectivity index (χ4v) is 2.52. The molecule has 0 saturated carbocycles. The monoisotopic (exact) mass is 357 g/mol. The largest absolute Gasteiger partial charge is 0.383 e. The van der Waals surface area contributed by atoms with Crippen LogP contribution in [-0.4, -0.2) is 29.2 Å². The molecule has 0 spiro atoms. The van der Waals surface area contributed by atoms with Gasteiger partial charge in [-0.15, -0.1) is 0 Å². The van der Waals surface area contributed by atoms with Crippen molar-refractivity contribution in [2.45, 2.75) is 6.54 Å². The van der Waals surface area contributed by atoms with E-state index < -0.39 is 23.0 Å². The number of anilines is 1. The Kier molecular flexibility index (Phi) is 4.94. The van der Waals surface area contributed by atoms with Crippen LogP contribution in [0.3, 0.4) is 0 Å². The fraction of sp³-hybridized carbons (Fsp3) is 0.167. The summed E-state index contributed by atoms with van der Waals surface area (Å²) in [5, 5.41) is 2.91. The first-order chi connectivity index (χ1) is 12.5. The second kappa shape index (κ2) is 7.32. The Balaban J connectivity index is 1.94. The maximum Gasteiger partial charge on any atom is 0.328 e. The van der Waals surface area contributed by atoms with Crippen molar-refractivity contribution in [2.75, 3.05) is 19.0 Å². The molecule has 2 aromatic carbocycles. The molecule has 0 bridgehead atoms. The Morgan fingerprint density at radius 3 is 2.62 bits per heavy atom. The van der Waals surface area contributed by atoms with Crippen LogP contribution >= 0.6 is 0 Å². The van der Waals surface area contributed by atoms with Gasteiger partial charge in [-0.2, -0.15) is 0 Å². The third-order valence-electron chi connectivity index (χ3n) is 3.87. The Morgan fingerprint density at radius 1 is 1.19 bits per heavy atom. The molecule has 2 N–H and O–H groups in total. The molecule has 0 fully saturated rings. The average molecular weight is 357 g/mol. The van der Waals surface area contributed by atoms with E-state index >= 15 is 0 Å². The molecule has 1 heterocycles. The number of hydrogen-bond acceptors (Lipinski definition) is 4. The van der Waals surface area contributed by atoms with E-state index in [4.69, 9.17) is 4.74 Å². The molecule has 0 aliphatic carbocycles. The van der Waals surface area contributed by atoms with Crippen molar-refractivity contribution in [1.82, 2.24) is 9.55 Å². The van der Waals surface area contributed by atoms with E-state index in [0.717, 1.165) is 4.57 Å². The Morgan fingerprint density at radius 2 is 1.92 bits per heavy atom. The molecule has 0 aliphatic rings. The van der Waals surface area contributed by atoms with Gasteiger partial charge >= 0.3 is 5.69 Å². The lowest BCUT2D eigenvalue weighted by Crippen LogP contribution is -2.36. The molecule has 0 radical (unpaired) electrons. The third kappa shape index (κ3) is 3.55. The first-order valence-electron chi connectivity index (χ1n) is 7.82. The van der Waals surface area contributed by atoms with Gasteiger partial charge in [0.1, 0.15) is 5.82 Å². The minimum absolute atomic E-state index is 0.132. The number of nitrogens with zero attached hydrogens (tertiary/aromatic N) is 1. The van der Waals surface area contributed by atoms with Crippen molar-refractivity contribution in [3.8, 4) is 0 Å². The molecule has 134 valence electrons. The van der Waals surface area contributed by atoms with Crippen LogP contribution in [-0.2, 0) is 11.3 Å². The lowest BCUT2D eigenvalue weighted by molar-refractivity contribution is 0.102. The maximum absolute atomic E-state index is 12.9. The number of hydrogen-bond donors (Lipinski definition) is 2. The molecule has 0 atom stereocenters. The zero-order valence-electron chi connectivity index (χ0n) is 13.9. The van der Waals surface area contributed by atoms with Crippen LogP contribution in [0.5, 0.6) is 0 Å². The molecule has 7 nitrogen and oxygen atoms in total. The molecule has 1 aromatic heterocycles. The summed E-state index contributed by atoms with van der Waals surface area (Å²) < 4.78 is 18.9. The van der Waals surface area contributed by atoms with Crippen LogP contribution in [0.2, 0.25) is 0 Å². The van der Waals surface area contributed by atoms with Crippen LogP contribution in [0.25, 0.3) is 10.9 Å². The van der Waals surface area contributed by atoms with Gasteiger partial charge in [-0.25, -0.2) is 9.18 Å². The van der Waals surface area contributed by atoms with E-state index in [-0.39, 0.29) is 24.2 Å². The van der Waals surface area contributed by atoms with Crippen LogP contribution in [0.1, 0.15) is 10.4 Å². The highest BCUT2D eigenvalue weighted by atomic mass is 19.1. The second-order valence-electron chi connectivity index (χ2n) is 5.60. The predicted octanol–water partition coefficient (Wildman–Crippen LogP) is 1.73. The molecule has 8 heteroatoms. The van der Waals surface area contributed by atoms with Gasteiger partial charge in [0.15, 0.2) is 0 Å². The maximum atomic E-state index is 12.9. The number of fused-ring (bicyclic) bond motifs is 1. The topological polar surface area (TPSA) is 93.2 Å². The Labute approximate surface area is 147 Å². The standard InChI is InChI=1S/C18H16FN3O4/c1-26-9-8-22-17(24)14-7-2-11(10-15(14)21-18(22)25)16(23)20-13-5-3-12(19)4-6-13/h2-7,10H,8-9H2,1H3,(H,20,23)(H,21,25). The van der Waals surface area contributed by atoms with Gasteiger partial charge in [0.2, 0.25) is 0 Å². The molecular formula is C18H16FN3O4. The van der Waals surface area contributed by atoms with Crippen LogP contribution in [0.4, 0.5) is 10.1 Å². The number of amides is 1. The molecule has 3 rings (SSSR count). The summed E-state index contributed by atoms with van der Waals surface area (Å²) in [5.74, 6) is -0.848. The van der Waals surface area contributed by atoms with Gasteiger partial charge in [0, 0.05) is 18.4 Å². The lowest BCUT2D eigenvalue weighted by Gasteiger charge is -2.08. The highest BCUT2D eigenvalue weighted by Gasteiger charge is 2.11. The van der Waals surface area contributed by atoms with Gasteiger partial charge < -0.3 is 15.0 Å². The first-order valence-corrected chi connectivity index (χ1v) is 7.82. The minimum atomic E-state index is -0.573. The lowest BCUT2D eigenvalue weighted by atomic mass is 10.1. The molecule has 26 heavy (non-hydrogen) atoms. The average Bonchev–Trinajstić information content (AvgIpc) is 2.63. The number of carbonyl (C=O) groups is 1. The van der Waals surface area contributed by atoms with Gasteiger partial charge in [-0.1, -0.05) is 0 Å². The summed E-state index contributed by atoms with van der Waals surface area (Å²) in [6, 6.07) is 9.73. The van der Waals surface area contributed by atoms with E-state index in [9.17, 15) is 18.8 Å². The smallest absolute Gasteiger partial charge is 0.328 e. The molecule has 1 amide bonds. The van der Waals surface area contributed by atoms with Crippen molar-refractivity contribution >= 4 is 22.5 Å². The van der Waals surface area contributed by atoms with E-state index in [1.54, 1.807) is 0 Å². The van der Waals surface area contributed by atoms with E-state index in [1.807, 2.05) is 0 Å². The zero-order valence-corrected chi connectivity index (χ0v) is 13.9. The normalized spacial score (nSPS) is 10.8. The number of H-pyrrole nitrogens is 1. The van der Waals surface area contributed by atoms with Crippen molar-refractivity contribution < 1.29 is 13.9 Å². The number of ether oxygens (including phenoxy) is 1. The second-order valence-corrected chi connectivity index (χ2v) is 5.60. The van der Waals surface area contributed by atoms with Gasteiger partial charge in [0.05, 0.1) is 24.1 Å². The summed E-state index contributed by atoms with van der Waals surface area (Å²) in [6.07, 6.45) is 0. The Bertz CT molecular complexity index is 1070. The van der Waals surface area contributed by atoms with Crippen molar-refractivity contribution in [1.29, 1.82) is 0 Å². The molecule has 0 saturated heterocycles. The summed E-state index contributed by atoms with van der Waals surface area (Å²) in [5.41, 5.74) is -0.0751. The minimum Gasteiger partial charge on any atom is -0.383 e. The highest BCUT2D eigenvalue weighted by molar-refractivity contribution is 6.06. The summed E-state index contributed by atoms with van der Waals surface area (Å²) in [6.45, 7) is 0.361. The molecular weight excluding hydrogens is 341 g/mol. The number of aromatic amines is 1. The number of halogens is 1. The number of benzene rings is 2. The number of rotatable bonds is 5. The first kappa shape index (κ1) is 17.6. The zero-order chi connectivity index (χ0) is 18.7. The van der Waals surface area contributed by atoms with Crippen LogP contribution in [0.15, 0.2) is 52.1 Å². The van der Waals surface area contributed by atoms with Crippen LogP contribution in [0, 0.1) is 5.82 Å². The van der Waals surface area contributed by atoms with Crippen molar-refractivity contribution in [3.05, 3.63) is 74.7 Å². The van der Waals surface area contributed by atoms with Crippen molar-refractivity contribution in [2.24, 2.45) is 0 Å². The number of nitrogens with one attached hydrogen (secondary N) is 2. The van der Waals surface area contributed by atoms with Gasteiger partial charge in [-0.05, 0) is 42.5 Å². The Hall–Kier alpha value is -3.26. The van der Waals surface area contributed by atoms with Crippen LogP contribution < -0.4 is 16.6 Å². The van der Waals surface area contributed by atoms with Crippen molar-refractivity contribution in [3.63, 3.8) is 0 Å². The van der Waals surface area contributed by atoms with Gasteiger partial charge in [0.25, 0.3) is 11.5 Å². The SMILES string of the molecule is COCCn1c(=O)[nH]c2cc(C(=O)Nc3ccc(F)cc3)ccc2c1=O. The third-order valence-corrected chi connectivity index (χ3v) is 3.87. The van der Waals surface area contributed by atoms with E-state index in [2.05, 4.69) is 10.3 Å². The molecule has 3 aromatic rings.